The van der Waals surface area contributed by atoms with Crippen LogP contribution in [-0.2, 0) is 16.2 Å². The number of hydrogen-bond acceptors (Lipinski definition) is 5. The highest BCUT2D eigenvalue weighted by atomic mass is 79.9. The Morgan fingerprint density at radius 3 is 2.37 bits per heavy atom. The lowest BCUT2D eigenvalue weighted by Crippen LogP contribution is -2.54. The molecule has 1 fully saturated rings. The summed E-state index contributed by atoms with van der Waals surface area (Å²) in [7, 11) is 1.50. The number of hydrogen-bond donors (Lipinski definition) is 1. The van der Waals surface area contributed by atoms with E-state index in [9.17, 15) is 14.4 Å². The molecule has 0 saturated carbocycles. The maximum absolute atomic E-state index is 13.1. The van der Waals surface area contributed by atoms with Crippen LogP contribution >= 0.6 is 27.5 Å². The molecule has 0 unspecified atom stereocenters. The van der Waals surface area contributed by atoms with Crippen LogP contribution in [0.15, 0.2) is 70.7 Å². The monoisotopic (exact) mass is 554 g/mol. The van der Waals surface area contributed by atoms with Crippen LogP contribution in [0.3, 0.4) is 0 Å². The van der Waals surface area contributed by atoms with Crippen molar-refractivity contribution in [2.45, 2.75) is 13.5 Å². The van der Waals surface area contributed by atoms with Gasteiger partial charge in [-0.3, -0.25) is 14.9 Å². The number of amides is 4. The molecule has 1 saturated heterocycles. The average Bonchev–Trinajstić information content (AvgIpc) is 2.83. The molecule has 1 N–H and O–H groups in total. The number of rotatable bonds is 6. The standard InChI is InChI=1S/C26H20BrClN2O5/c1-15-3-5-16(6-4-15)14-35-23-21(27)12-17(13-22(23)34-2)11-20-24(31)29-26(33)30(25(20)32)19-9-7-18(28)8-10-19/h3-13H,14H2,1-2H3,(H,29,31,33)/b20-11+. The van der Waals surface area contributed by atoms with E-state index in [2.05, 4.69) is 21.2 Å². The first-order valence-electron chi connectivity index (χ1n) is 10.5. The van der Waals surface area contributed by atoms with Crippen LogP contribution in [0, 0.1) is 6.92 Å². The van der Waals surface area contributed by atoms with Gasteiger partial charge in [-0.25, -0.2) is 9.69 Å². The minimum absolute atomic E-state index is 0.207. The van der Waals surface area contributed by atoms with Crippen molar-refractivity contribution in [1.82, 2.24) is 5.32 Å². The second-order valence-corrected chi connectivity index (χ2v) is 9.03. The van der Waals surface area contributed by atoms with E-state index in [0.717, 1.165) is 16.0 Å². The van der Waals surface area contributed by atoms with Gasteiger partial charge in [-0.15, -0.1) is 0 Å². The number of imide groups is 2. The van der Waals surface area contributed by atoms with Crippen molar-refractivity contribution in [3.8, 4) is 11.5 Å². The van der Waals surface area contributed by atoms with Gasteiger partial charge in [0, 0.05) is 5.02 Å². The zero-order valence-electron chi connectivity index (χ0n) is 18.8. The number of nitrogens with one attached hydrogen (secondary N) is 1. The van der Waals surface area contributed by atoms with Gasteiger partial charge in [0.25, 0.3) is 11.8 Å². The van der Waals surface area contributed by atoms with Gasteiger partial charge in [0.15, 0.2) is 11.5 Å². The number of anilines is 1. The first-order valence-corrected chi connectivity index (χ1v) is 11.7. The summed E-state index contributed by atoms with van der Waals surface area (Å²) in [6.07, 6.45) is 1.39. The van der Waals surface area contributed by atoms with Crippen LogP contribution in [-0.4, -0.2) is 25.0 Å². The van der Waals surface area contributed by atoms with Crippen LogP contribution < -0.4 is 19.7 Å². The molecule has 3 aromatic rings. The summed E-state index contributed by atoms with van der Waals surface area (Å²) >= 11 is 9.39. The van der Waals surface area contributed by atoms with Gasteiger partial charge in [0.05, 0.1) is 17.3 Å². The zero-order valence-corrected chi connectivity index (χ0v) is 21.1. The number of urea groups is 1. The lowest BCUT2D eigenvalue weighted by molar-refractivity contribution is -0.122. The summed E-state index contributed by atoms with van der Waals surface area (Å²) < 4.78 is 12.0. The Kier molecular flexibility index (Phi) is 7.23. The molecule has 1 heterocycles. The maximum Gasteiger partial charge on any atom is 0.335 e. The summed E-state index contributed by atoms with van der Waals surface area (Å²) in [6.45, 7) is 2.34. The van der Waals surface area contributed by atoms with E-state index in [1.54, 1.807) is 24.3 Å². The van der Waals surface area contributed by atoms with E-state index in [1.807, 2.05) is 31.2 Å². The number of carbonyl (C=O) groups excluding carboxylic acids is 3. The summed E-state index contributed by atoms with van der Waals surface area (Å²) in [5.41, 5.74) is 2.73. The lowest BCUT2D eigenvalue weighted by Gasteiger charge is -2.26. The molecular formula is C26H20BrClN2O5. The summed E-state index contributed by atoms with van der Waals surface area (Å²) in [6, 6.07) is 16.6. The molecule has 0 spiro atoms. The van der Waals surface area contributed by atoms with Crippen LogP contribution in [0.1, 0.15) is 16.7 Å². The molecule has 0 aromatic heterocycles. The minimum atomic E-state index is -0.835. The molecule has 4 rings (SSSR count). The molecule has 7 nitrogen and oxygen atoms in total. The van der Waals surface area contributed by atoms with Gasteiger partial charge in [0.1, 0.15) is 12.2 Å². The van der Waals surface area contributed by atoms with E-state index in [4.69, 9.17) is 21.1 Å². The smallest absolute Gasteiger partial charge is 0.335 e. The molecule has 178 valence electrons. The van der Waals surface area contributed by atoms with E-state index in [-0.39, 0.29) is 11.3 Å². The number of nitrogens with zero attached hydrogens (tertiary/aromatic N) is 1. The number of carbonyl (C=O) groups is 3. The van der Waals surface area contributed by atoms with Crippen molar-refractivity contribution in [1.29, 1.82) is 0 Å². The largest absolute Gasteiger partial charge is 0.493 e. The number of aryl methyl sites for hydroxylation is 1. The number of halogens is 2. The fourth-order valence-corrected chi connectivity index (χ4v) is 4.15. The van der Waals surface area contributed by atoms with E-state index < -0.39 is 17.8 Å². The highest BCUT2D eigenvalue weighted by Crippen LogP contribution is 2.38. The fourth-order valence-electron chi connectivity index (χ4n) is 3.45. The number of barbiturate groups is 1. The molecule has 9 heteroatoms. The van der Waals surface area contributed by atoms with Gasteiger partial charge in [-0.1, -0.05) is 41.4 Å². The van der Waals surface area contributed by atoms with E-state index in [1.165, 1.54) is 25.3 Å². The van der Waals surface area contributed by atoms with Crippen molar-refractivity contribution in [2.24, 2.45) is 0 Å². The summed E-state index contributed by atoms with van der Waals surface area (Å²) in [5, 5.41) is 2.65. The third-order valence-corrected chi connectivity index (χ3v) is 6.09. The van der Waals surface area contributed by atoms with Gasteiger partial charge in [-0.2, -0.15) is 0 Å². The third kappa shape index (κ3) is 5.39. The Morgan fingerprint density at radius 1 is 1.03 bits per heavy atom. The molecule has 1 aliphatic heterocycles. The molecule has 35 heavy (non-hydrogen) atoms. The first-order chi connectivity index (χ1) is 16.8. The summed E-state index contributed by atoms with van der Waals surface area (Å²) in [5.74, 6) is -0.656. The SMILES string of the molecule is COc1cc(/C=C2\C(=O)NC(=O)N(c3ccc(Cl)cc3)C2=O)cc(Br)c1OCc1ccc(C)cc1. The zero-order chi connectivity index (χ0) is 25.1. The van der Waals surface area contributed by atoms with E-state index in [0.29, 0.717) is 33.2 Å². The van der Waals surface area contributed by atoms with Gasteiger partial charge in [0.2, 0.25) is 0 Å². The Morgan fingerprint density at radius 2 is 1.71 bits per heavy atom. The van der Waals surface area contributed by atoms with Crippen LogP contribution in [0.2, 0.25) is 5.02 Å². The van der Waals surface area contributed by atoms with Gasteiger partial charge < -0.3 is 9.47 Å². The van der Waals surface area contributed by atoms with Crippen molar-refractivity contribution >= 4 is 57.1 Å². The topological polar surface area (TPSA) is 84.9 Å². The van der Waals surface area contributed by atoms with E-state index >= 15 is 0 Å². The molecule has 3 aromatic carbocycles. The number of methoxy groups -OCH3 is 1. The first kappa shape index (κ1) is 24.5. The Hall–Kier alpha value is -3.62. The van der Waals surface area contributed by atoms with Crippen molar-refractivity contribution < 1.29 is 23.9 Å². The lowest BCUT2D eigenvalue weighted by atomic mass is 10.1. The number of ether oxygens (including phenoxy) is 2. The molecular weight excluding hydrogens is 536 g/mol. The predicted molar refractivity (Wildman–Crippen MR) is 137 cm³/mol. The van der Waals surface area contributed by atoms with Crippen LogP contribution in [0.4, 0.5) is 10.5 Å². The Bertz CT molecular complexity index is 1340. The van der Waals surface area contributed by atoms with Gasteiger partial charge >= 0.3 is 6.03 Å². The molecule has 0 bridgehead atoms. The average molecular weight is 556 g/mol. The predicted octanol–water partition coefficient (Wildman–Crippen LogP) is 5.66. The molecule has 1 aliphatic rings. The second-order valence-electron chi connectivity index (χ2n) is 7.74. The van der Waals surface area contributed by atoms with Crippen molar-refractivity contribution in [3.05, 3.63) is 92.4 Å². The normalized spacial score (nSPS) is 14.8. The fraction of sp³-hybridized carbons (Fsp3) is 0.115. The quantitative estimate of drug-likeness (QED) is 0.313. The van der Waals surface area contributed by atoms with Crippen molar-refractivity contribution in [2.75, 3.05) is 12.0 Å². The highest BCUT2D eigenvalue weighted by Gasteiger charge is 2.36. The Labute approximate surface area is 215 Å². The van der Waals surface area contributed by atoms with Crippen molar-refractivity contribution in [3.63, 3.8) is 0 Å². The molecule has 0 radical (unpaired) electrons. The van der Waals surface area contributed by atoms with Gasteiger partial charge in [-0.05, 0) is 76.5 Å². The molecule has 4 amide bonds. The molecule has 0 atom stereocenters. The summed E-state index contributed by atoms with van der Waals surface area (Å²) in [4.78, 5) is 38.9. The number of benzene rings is 3. The highest BCUT2D eigenvalue weighted by molar-refractivity contribution is 9.10. The maximum atomic E-state index is 13.1. The minimum Gasteiger partial charge on any atom is -0.493 e. The second kappa shape index (κ2) is 10.3. The van der Waals surface area contributed by atoms with Crippen LogP contribution in [0.5, 0.6) is 11.5 Å². The third-order valence-electron chi connectivity index (χ3n) is 5.25. The molecule has 0 aliphatic carbocycles. The Balaban J connectivity index is 1.63. The van der Waals surface area contributed by atoms with Crippen LogP contribution in [0.25, 0.3) is 6.08 Å².